The molecular weight excluding hydrogens is 350 g/mol. The second-order valence-corrected chi connectivity index (χ2v) is 6.91. The Balaban J connectivity index is 1.60. The van der Waals surface area contributed by atoms with E-state index in [0.717, 1.165) is 29.4 Å². The first kappa shape index (κ1) is 18.3. The maximum atomic E-state index is 12.5. The fourth-order valence-corrected chi connectivity index (χ4v) is 3.37. The Morgan fingerprint density at radius 1 is 1.04 bits per heavy atom. The van der Waals surface area contributed by atoms with Gasteiger partial charge in [-0.2, -0.15) is 0 Å². The van der Waals surface area contributed by atoms with Crippen LogP contribution in [-0.4, -0.2) is 42.9 Å². The second kappa shape index (κ2) is 7.79. The van der Waals surface area contributed by atoms with Gasteiger partial charge in [0.2, 0.25) is 0 Å². The summed E-state index contributed by atoms with van der Waals surface area (Å²) in [6.07, 6.45) is 0. The lowest BCUT2D eigenvalue weighted by Gasteiger charge is -2.36. The fraction of sp³-hybridized carbons (Fsp3) is 0.300. The lowest BCUT2D eigenvalue weighted by Crippen LogP contribution is -2.50. The van der Waals surface area contributed by atoms with Crippen molar-refractivity contribution in [3.63, 3.8) is 0 Å². The topological polar surface area (TPSA) is 52.7 Å². The van der Waals surface area contributed by atoms with E-state index >= 15 is 0 Å². The number of nitrogens with one attached hydrogen (secondary N) is 1. The quantitative estimate of drug-likeness (QED) is 0.822. The summed E-state index contributed by atoms with van der Waals surface area (Å²) < 4.78 is 0. The van der Waals surface area contributed by atoms with E-state index in [1.54, 1.807) is 29.2 Å². The van der Waals surface area contributed by atoms with E-state index in [2.05, 4.69) is 10.2 Å². The molecule has 0 unspecified atom stereocenters. The third kappa shape index (κ3) is 4.17. The molecule has 5 nitrogen and oxygen atoms in total. The number of benzene rings is 2. The molecule has 1 aliphatic rings. The third-order valence-electron chi connectivity index (χ3n) is 4.59. The van der Waals surface area contributed by atoms with Crippen LogP contribution in [0.25, 0.3) is 0 Å². The molecule has 0 radical (unpaired) electrons. The van der Waals surface area contributed by atoms with Crippen LogP contribution in [-0.2, 0) is 0 Å². The van der Waals surface area contributed by atoms with Crippen LogP contribution in [0.3, 0.4) is 0 Å². The van der Waals surface area contributed by atoms with E-state index in [1.165, 1.54) is 6.92 Å². The molecule has 136 valence electrons. The molecule has 1 N–H and O–H groups in total. The number of nitrogens with zero attached hydrogens (tertiary/aromatic N) is 2. The molecule has 1 aliphatic heterocycles. The molecule has 2 aromatic rings. The fourth-order valence-electron chi connectivity index (χ4n) is 3.14. The molecule has 0 bridgehead atoms. The zero-order chi connectivity index (χ0) is 18.7. The molecular formula is C20H22ClN3O2. The number of carbonyl (C=O) groups excluding carboxylic acids is 2. The molecule has 1 fully saturated rings. The van der Waals surface area contributed by atoms with Crippen molar-refractivity contribution in [1.82, 2.24) is 4.90 Å². The van der Waals surface area contributed by atoms with Gasteiger partial charge in [-0.05, 0) is 49.7 Å². The monoisotopic (exact) mass is 371 g/mol. The van der Waals surface area contributed by atoms with Crippen molar-refractivity contribution in [2.24, 2.45) is 0 Å². The number of hydrogen-bond acceptors (Lipinski definition) is 3. The van der Waals surface area contributed by atoms with Gasteiger partial charge in [-0.1, -0.05) is 23.7 Å². The smallest absolute Gasteiger partial charge is 0.321 e. The Morgan fingerprint density at radius 2 is 1.77 bits per heavy atom. The summed E-state index contributed by atoms with van der Waals surface area (Å²) in [7, 11) is 0. The molecule has 0 atom stereocenters. The van der Waals surface area contributed by atoms with Crippen molar-refractivity contribution in [2.45, 2.75) is 13.8 Å². The van der Waals surface area contributed by atoms with Crippen LogP contribution in [0.15, 0.2) is 42.5 Å². The lowest BCUT2D eigenvalue weighted by molar-refractivity contribution is 0.101. The van der Waals surface area contributed by atoms with E-state index in [-0.39, 0.29) is 11.8 Å². The number of carbonyl (C=O) groups is 2. The van der Waals surface area contributed by atoms with E-state index in [0.29, 0.717) is 24.3 Å². The van der Waals surface area contributed by atoms with Crippen molar-refractivity contribution in [1.29, 1.82) is 0 Å². The van der Waals surface area contributed by atoms with Gasteiger partial charge in [-0.25, -0.2) is 4.79 Å². The highest BCUT2D eigenvalue weighted by molar-refractivity contribution is 6.30. The van der Waals surface area contributed by atoms with E-state index < -0.39 is 0 Å². The highest BCUT2D eigenvalue weighted by Crippen LogP contribution is 2.24. The summed E-state index contributed by atoms with van der Waals surface area (Å²) in [6, 6.07) is 12.7. The number of hydrogen-bond donors (Lipinski definition) is 1. The van der Waals surface area contributed by atoms with Gasteiger partial charge in [0.05, 0.1) is 0 Å². The Morgan fingerprint density at radius 3 is 2.42 bits per heavy atom. The van der Waals surface area contributed by atoms with E-state index in [9.17, 15) is 9.59 Å². The first-order valence-corrected chi connectivity index (χ1v) is 9.00. The molecule has 0 saturated carbocycles. The normalized spacial score (nSPS) is 14.3. The van der Waals surface area contributed by atoms with Gasteiger partial charge < -0.3 is 15.1 Å². The average molecular weight is 372 g/mol. The van der Waals surface area contributed by atoms with Gasteiger partial charge >= 0.3 is 6.03 Å². The molecule has 1 saturated heterocycles. The number of piperazine rings is 1. The van der Waals surface area contributed by atoms with Gasteiger partial charge in [0.25, 0.3) is 0 Å². The predicted octanol–water partition coefficient (Wildman–Crippen LogP) is 4.21. The minimum absolute atomic E-state index is 0.0203. The molecule has 1 heterocycles. The largest absolute Gasteiger partial charge is 0.368 e. The van der Waals surface area contributed by atoms with Crippen molar-refractivity contribution in [3.8, 4) is 0 Å². The summed E-state index contributed by atoms with van der Waals surface area (Å²) in [6.45, 7) is 6.37. The number of aryl methyl sites for hydroxylation is 1. The Labute approximate surface area is 158 Å². The third-order valence-corrected chi connectivity index (χ3v) is 4.82. The summed E-state index contributed by atoms with van der Waals surface area (Å²) in [5, 5.41) is 3.61. The first-order valence-electron chi connectivity index (χ1n) is 8.62. The predicted molar refractivity (Wildman–Crippen MR) is 105 cm³/mol. The molecule has 0 spiro atoms. The molecule has 2 amide bonds. The minimum Gasteiger partial charge on any atom is -0.368 e. The standard InChI is InChI=1S/C20H22ClN3O2/c1-14-12-17(21)6-7-19(14)23-8-10-24(11-9-23)20(26)22-18-5-3-4-16(13-18)15(2)25/h3-7,12-13H,8-11H2,1-2H3,(H,22,26). The van der Waals surface area contributed by atoms with Crippen molar-refractivity contribution < 1.29 is 9.59 Å². The Bertz CT molecular complexity index is 830. The van der Waals surface area contributed by atoms with Crippen molar-refractivity contribution >= 4 is 34.8 Å². The van der Waals surface area contributed by atoms with Crippen LogP contribution in [0.1, 0.15) is 22.8 Å². The molecule has 26 heavy (non-hydrogen) atoms. The van der Waals surface area contributed by atoms with Gasteiger partial charge in [-0.15, -0.1) is 0 Å². The van der Waals surface area contributed by atoms with Crippen LogP contribution < -0.4 is 10.2 Å². The van der Waals surface area contributed by atoms with E-state index in [1.807, 2.05) is 25.1 Å². The van der Waals surface area contributed by atoms with Gasteiger partial charge in [-0.3, -0.25) is 4.79 Å². The Kier molecular flexibility index (Phi) is 5.47. The van der Waals surface area contributed by atoms with Crippen LogP contribution >= 0.6 is 11.6 Å². The molecule has 0 aliphatic carbocycles. The van der Waals surface area contributed by atoms with Crippen molar-refractivity contribution in [3.05, 3.63) is 58.6 Å². The number of halogens is 1. The van der Waals surface area contributed by atoms with Crippen LogP contribution in [0.2, 0.25) is 5.02 Å². The maximum absolute atomic E-state index is 12.5. The maximum Gasteiger partial charge on any atom is 0.321 e. The number of Topliss-reactive ketones (excluding diaryl/α,β-unsaturated/α-hetero) is 1. The molecule has 0 aromatic heterocycles. The highest BCUT2D eigenvalue weighted by atomic mass is 35.5. The van der Waals surface area contributed by atoms with Gasteiger partial charge in [0, 0.05) is 48.1 Å². The van der Waals surface area contributed by atoms with Crippen LogP contribution in [0, 0.1) is 6.92 Å². The number of rotatable bonds is 3. The van der Waals surface area contributed by atoms with Gasteiger partial charge in [0.1, 0.15) is 0 Å². The lowest BCUT2D eigenvalue weighted by atomic mass is 10.1. The van der Waals surface area contributed by atoms with Crippen molar-refractivity contribution in [2.75, 3.05) is 36.4 Å². The van der Waals surface area contributed by atoms with Crippen LogP contribution in [0.4, 0.5) is 16.2 Å². The summed E-state index contributed by atoms with van der Waals surface area (Å²) in [4.78, 5) is 28.0. The molecule has 2 aromatic carbocycles. The zero-order valence-electron chi connectivity index (χ0n) is 15.0. The van der Waals surface area contributed by atoms with E-state index in [4.69, 9.17) is 11.6 Å². The molecule has 3 rings (SSSR count). The zero-order valence-corrected chi connectivity index (χ0v) is 15.7. The minimum atomic E-state index is -0.141. The highest BCUT2D eigenvalue weighted by Gasteiger charge is 2.22. The van der Waals surface area contributed by atoms with Crippen LogP contribution in [0.5, 0.6) is 0 Å². The summed E-state index contributed by atoms with van der Waals surface area (Å²) in [5.41, 5.74) is 3.52. The summed E-state index contributed by atoms with van der Waals surface area (Å²) >= 11 is 6.03. The summed E-state index contributed by atoms with van der Waals surface area (Å²) in [5.74, 6) is -0.0203. The number of ketones is 1. The molecule has 6 heteroatoms. The number of urea groups is 1. The number of amides is 2. The Hall–Kier alpha value is -2.53. The SMILES string of the molecule is CC(=O)c1cccc(NC(=O)N2CCN(c3ccc(Cl)cc3C)CC2)c1. The first-order chi connectivity index (χ1) is 12.4. The average Bonchev–Trinajstić information content (AvgIpc) is 2.62. The van der Waals surface area contributed by atoms with Gasteiger partial charge in [0.15, 0.2) is 5.78 Å². The second-order valence-electron chi connectivity index (χ2n) is 6.47. The number of anilines is 2.